The lowest BCUT2D eigenvalue weighted by molar-refractivity contribution is 0.378. The third-order valence-electron chi connectivity index (χ3n) is 6.94. The van der Waals surface area contributed by atoms with Gasteiger partial charge in [0.25, 0.3) is 0 Å². The van der Waals surface area contributed by atoms with Gasteiger partial charge in [0.05, 0.1) is 16.6 Å². The minimum absolute atomic E-state index is 0.669. The smallest absolute Gasteiger partial charge is 0.151 e. The molecule has 2 aromatic heterocycles. The number of hydrogen-bond acceptors (Lipinski definition) is 4. The lowest BCUT2D eigenvalue weighted by Gasteiger charge is -2.23. The first-order valence-corrected chi connectivity index (χ1v) is 12.4. The molecule has 5 rings (SSSR count). The van der Waals surface area contributed by atoms with Crippen LogP contribution in [0.3, 0.4) is 0 Å². The Bertz CT molecular complexity index is 1270. The van der Waals surface area contributed by atoms with Crippen molar-refractivity contribution in [2.75, 3.05) is 18.4 Å². The van der Waals surface area contributed by atoms with E-state index < -0.39 is 0 Å². The second-order valence-electron chi connectivity index (χ2n) is 9.63. The van der Waals surface area contributed by atoms with Crippen LogP contribution in [0.1, 0.15) is 54.6 Å². The van der Waals surface area contributed by atoms with Crippen LogP contribution in [0, 0.1) is 27.7 Å². The molecule has 0 aliphatic heterocycles. The van der Waals surface area contributed by atoms with Gasteiger partial charge in [0.1, 0.15) is 11.6 Å². The first-order valence-electron chi connectivity index (χ1n) is 12.4. The highest BCUT2D eigenvalue weighted by Gasteiger charge is 2.20. The zero-order chi connectivity index (χ0) is 22.9. The van der Waals surface area contributed by atoms with E-state index in [9.17, 15) is 0 Å². The fourth-order valence-corrected chi connectivity index (χ4v) is 5.60. The molecule has 2 heterocycles. The van der Waals surface area contributed by atoms with Gasteiger partial charge in [-0.3, -0.25) is 4.57 Å². The normalized spacial score (nSPS) is 14.9. The summed E-state index contributed by atoms with van der Waals surface area (Å²) >= 11 is 0. The molecule has 1 fully saturated rings. The number of fused-ring (bicyclic) bond motifs is 3. The van der Waals surface area contributed by atoms with Crippen LogP contribution in [0.15, 0.2) is 36.4 Å². The van der Waals surface area contributed by atoms with Crippen molar-refractivity contribution in [3.63, 3.8) is 0 Å². The molecule has 2 N–H and O–H groups in total. The Kier molecular flexibility index (Phi) is 6.07. The number of anilines is 1. The Balaban J connectivity index is 1.56. The summed E-state index contributed by atoms with van der Waals surface area (Å²) in [4.78, 5) is 9.79. The molecule has 33 heavy (non-hydrogen) atoms. The van der Waals surface area contributed by atoms with Crippen molar-refractivity contribution < 1.29 is 0 Å². The van der Waals surface area contributed by atoms with Gasteiger partial charge in [0, 0.05) is 24.5 Å². The molecule has 0 amide bonds. The van der Waals surface area contributed by atoms with Gasteiger partial charge in [-0.2, -0.15) is 0 Å². The topological polar surface area (TPSA) is 54.8 Å². The molecule has 0 bridgehead atoms. The molecule has 5 heteroatoms. The van der Waals surface area contributed by atoms with Crippen LogP contribution in [-0.2, 0) is 0 Å². The van der Waals surface area contributed by atoms with Gasteiger partial charge in [-0.1, -0.05) is 55.2 Å². The number of para-hydroxylation sites is 1. The zero-order valence-electron chi connectivity index (χ0n) is 20.3. The Hall–Kier alpha value is -2.92. The molecule has 4 aromatic rings. The first kappa shape index (κ1) is 21.9. The predicted molar refractivity (Wildman–Crippen MR) is 139 cm³/mol. The highest BCUT2D eigenvalue weighted by atomic mass is 15.1. The predicted octanol–water partition coefficient (Wildman–Crippen LogP) is 6.14. The fraction of sp³-hybridized carbons (Fsp3) is 0.429. The third-order valence-corrected chi connectivity index (χ3v) is 6.94. The van der Waals surface area contributed by atoms with E-state index in [1.807, 2.05) is 6.92 Å². The lowest BCUT2D eigenvalue weighted by atomic mass is 9.95. The summed E-state index contributed by atoms with van der Waals surface area (Å²) in [5, 5.41) is 9.66. The number of nitrogens with zero attached hydrogens (tertiary/aromatic N) is 3. The highest BCUT2D eigenvalue weighted by Crippen LogP contribution is 2.36. The Morgan fingerprint density at radius 1 is 0.909 bits per heavy atom. The Morgan fingerprint density at radius 2 is 1.64 bits per heavy atom. The molecule has 0 saturated heterocycles. The van der Waals surface area contributed by atoms with E-state index in [-0.39, 0.29) is 0 Å². The SMILES string of the molecule is Cc1cc(C)c(-n2c3ccccc3c3c(NCCNC4CCCCC4)nc(C)nc32)c(C)c1. The molecular weight excluding hydrogens is 406 g/mol. The number of aryl methyl sites for hydroxylation is 4. The number of rotatable bonds is 6. The van der Waals surface area contributed by atoms with Gasteiger partial charge in [0.2, 0.25) is 0 Å². The largest absolute Gasteiger partial charge is 0.368 e. The maximum absolute atomic E-state index is 4.95. The molecule has 0 spiro atoms. The van der Waals surface area contributed by atoms with E-state index in [2.05, 4.69) is 72.4 Å². The number of hydrogen-bond donors (Lipinski definition) is 2. The summed E-state index contributed by atoms with van der Waals surface area (Å²) < 4.78 is 2.33. The van der Waals surface area contributed by atoms with E-state index >= 15 is 0 Å². The molecule has 172 valence electrons. The van der Waals surface area contributed by atoms with Crippen molar-refractivity contribution in [3.8, 4) is 5.69 Å². The molecular formula is C28H35N5. The molecule has 1 aliphatic carbocycles. The van der Waals surface area contributed by atoms with Crippen molar-refractivity contribution in [2.24, 2.45) is 0 Å². The van der Waals surface area contributed by atoms with Crippen LogP contribution in [0.4, 0.5) is 5.82 Å². The number of benzene rings is 2. The standard InChI is InChI=1S/C28H35N5/c1-18-16-19(2)26(20(3)17-18)33-24-13-9-8-12-23(24)25-27(31-21(4)32-28(25)33)30-15-14-29-22-10-6-5-7-11-22/h8-9,12-13,16-17,22,29H,5-7,10-11,14-15H2,1-4H3,(H,30,31,32). The summed E-state index contributed by atoms with van der Waals surface area (Å²) in [6.07, 6.45) is 6.71. The van der Waals surface area contributed by atoms with E-state index in [0.29, 0.717) is 6.04 Å². The van der Waals surface area contributed by atoms with E-state index in [1.54, 1.807) is 0 Å². The minimum Gasteiger partial charge on any atom is -0.368 e. The van der Waals surface area contributed by atoms with Crippen LogP contribution in [-0.4, -0.2) is 33.7 Å². The van der Waals surface area contributed by atoms with Gasteiger partial charge in [0.15, 0.2) is 5.65 Å². The summed E-state index contributed by atoms with van der Waals surface area (Å²) in [7, 11) is 0. The molecule has 2 aromatic carbocycles. The van der Waals surface area contributed by atoms with Gasteiger partial charge in [-0.25, -0.2) is 9.97 Å². The summed E-state index contributed by atoms with van der Waals surface area (Å²) in [5.74, 6) is 1.72. The van der Waals surface area contributed by atoms with Gasteiger partial charge < -0.3 is 10.6 Å². The zero-order valence-corrected chi connectivity index (χ0v) is 20.3. The van der Waals surface area contributed by atoms with Crippen molar-refractivity contribution >= 4 is 27.8 Å². The third kappa shape index (κ3) is 4.22. The molecule has 5 nitrogen and oxygen atoms in total. The first-order chi connectivity index (χ1) is 16.0. The van der Waals surface area contributed by atoms with Crippen LogP contribution in [0.25, 0.3) is 27.6 Å². The second kappa shape index (κ2) is 9.14. The number of nitrogens with one attached hydrogen (secondary N) is 2. The fourth-order valence-electron chi connectivity index (χ4n) is 5.60. The average Bonchev–Trinajstić information content (AvgIpc) is 3.11. The van der Waals surface area contributed by atoms with E-state index in [0.717, 1.165) is 35.8 Å². The number of aromatic nitrogens is 3. The monoisotopic (exact) mass is 441 g/mol. The summed E-state index contributed by atoms with van der Waals surface area (Å²) in [6, 6.07) is 13.8. The van der Waals surface area contributed by atoms with E-state index in [4.69, 9.17) is 9.97 Å². The van der Waals surface area contributed by atoms with Gasteiger partial charge >= 0.3 is 0 Å². The van der Waals surface area contributed by atoms with Gasteiger partial charge in [-0.15, -0.1) is 0 Å². The lowest BCUT2D eigenvalue weighted by Crippen LogP contribution is -2.34. The van der Waals surface area contributed by atoms with Crippen LogP contribution in [0.2, 0.25) is 0 Å². The quantitative estimate of drug-likeness (QED) is 0.353. The Labute approximate surface area is 196 Å². The van der Waals surface area contributed by atoms with Crippen LogP contribution < -0.4 is 10.6 Å². The molecule has 0 unspecified atom stereocenters. The average molecular weight is 442 g/mol. The van der Waals surface area contributed by atoms with E-state index in [1.165, 1.54) is 65.4 Å². The summed E-state index contributed by atoms with van der Waals surface area (Å²) in [5.41, 5.74) is 7.17. The maximum atomic E-state index is 4.95. The Morgan fingerprint density at radius 3 is 2.39 bits per heavy atom. The van der Waals surface area contributed by atoms with Crippen molar-refractivity contribution in [3.05, 3.63) is 58.9 Å². The molecule has 0 radical (unpaired) electrons. The van der Waals surface area contributed by atoms with Crippen molar-refractivity contribution in [1.82, 2.24) is 19.9 Å². The van der Waals surface area contributed by atoms with Crippen molar-refractivity contribution in [2.45, 2.75) is 65.8 Å². The highest BCUT2D eigenvalue weighted by molar-refractivity contribution is 6.13. The maximum Gasteiger partial charge on any atom is 0.151 e. The minimum atomic E-state index is 0.669. The molecule has 0 atom stereocenters. The van der Waals surface area contributed by atoms with Crippen LogP contribution >= 0.6 is 0 Å². The molecule has 1 saturated carbocycles. The summed E-state index contributed by atoms with van der Waals surface area (Å²) in [6.45, 7) is 10.3. The van der Waals surface area contributed by atoms with Crippen LogP contribution in [0.5, 0.6) is 0 Å². The van der Waals surface area contributed by atoms with Crippen molar-refractivity contribution in [1.29, 1.82) is 0 Å². The molecule has 1 aliphatic rings. The second-order valence-corrected chi connectivity index (χ2v) is 9.63. The van der Waals surface area contributed by atoms with Gasteiger partial charge in [-0.05, 0) is 57.7 Å².